The number of aliphatic hydroxyl groups excluding tert-OH is 1. The molecule has 1 N–H and O–H groups in total. The number of sulfonamides is 1. The van der Waals surface area contributed by atoms with Gasteiger partial charge in [0.2, 0.25) is 10.0 Å². The van der Waals surface area contributed by atoms with Crippen LogP contribution < -0.4 is 9.04 Å². The third-order valence-corrected chi connectivity index (χ3v) is 5.74. The summed E-state index contributed by atoms with van der Waals surface area (Å²) in [5, 5.41) is 10.2. The molecular formula is C17H19NO4S. The maximum absolute atomic E-state index is 12.8. The van der Waals surface area contributed by atoms with E-state index >= 15 is 0 Å². The van der Waals surface area contributed by atoms with Crippen LogP contribution in [-0.4, -0.2) is 27.2 Å². The molecule has 5 nitrogen and oxygen atoms in total. The van der Waals surface area contributed by atoms with Gasteiger partial charge in [0, 0.05) is 12.1 Å². The van der Waals surface area contributed by atoms with Gasteiger partial charge in [0.1, 0.15) is 5.75 Å². The summed E-state index contributed by atoms with van der Waals surface area (Å²) < 4.78 is 32.1. The molecular weight excluding hydrogens is 314 g/mol. The third-order valence-electron chi connectivity index (χ3n) is 4.00. The molecule has 1 atom stereocenters. The average molecular weight is 333 g/mol. The summed E-state index contributed by atoms with van der Waals surface area (Å²) in [6.45, 7) is 0.273. The number of benzene rings is 2. The summed E-state index contributed by atoms with van der Waals surface area (Å²) >= 11 is 0. The molecule has 1 unspecified atom stereocenters. The van der Waals surface area contributed by atoms with Gasteiger partial charge in [0.25, 0.3) is 0 Å². The molecule has 0 radical (unpaired) electrons. The normalized spacial score (nSPS) is 17.7. The van der Waals surface area contributed by atoms with Crippen molar-refractivity contribution in [3.8, 4) is 5.75 Å². The van der Waals surface area contributed by atoms with E-state index in [1.54, 1.807) is 37.4 Å². The number of hydrogen-bond acceptors (Lipinski definition) is 4. The van der Waals surface area contributed by atoms with Crippen molar-refractivity contribution in [1.82, 2.24) is 0 Å². The van der Waals surface area contributed by atoms with Gasteiger partial charge >= 0.3 is 0 Å². The average Bonchev–Trinajstić information content (AvgIpc) is 2.55. The van der Waals surface area contributed by atoms with Gasteiger partial charge in [-0.3, -0.25) is 4.31 Å². The summed E-state index contributed by atoms with van der Waals surface area (Å²) in [6.07, 6.45) is -0.308. The van der Waals surface area contributed by atoms with E-state index in [1.807, 2.05) is 18.2 Å². The second-order valence-corrected chi connectivity index (χ2v) is 7.44. The second kappa shape index (κ2) is 6.22. The molecule has 1 aliphatic heterocycles. The zero-order chi connectivity index (χ0) is 16.4. The molecule has 0 saturated heterocycles. The molecule has 1 aliphatic rings. The Morgan fingerprint density at radius 3 is 2.65 bits per heavy atom. The number of aliphatic hydroxyl groups is 1. The molecule has 0 spiro atoms. The number of rotatable bonds is 4. The van der Waals surface area contributed by atoms with E-state index in [9.17, 15) is 13.5 Å². The zero-order valence-electron chi connectivity index (χ0n) is 12.8. The van der Waals surface area contributed by atoms with E-state index in [1.165, 1.54) is 4.31 Å². The fourth-order valence-electron chi connectivity index (χ4n) is 2.82. The van der Waals surface area contributed by atoms with E-state index in [0.717, 1.165) is 5.56 Å². The lowest BCUT2D eigenvalue weighted by atomic mass is 10.0. The van der Waals surface area contributed by atoms with Gasteiger partial charge in [0.15, 0.2) is 0 Å². The number of anilines is 1. The van der Waals surface area contributed by atoms with E-state index in [2.05, 4.69) is 0 Å². The first kappa shape index (κ1) is 15.8. The molecule has 3 rings (SSSR count). The van der Waals surface area contributed by atoms with E-state index in [0.29, 0.717) is 23.4 Å². The maximum atomic E-state index is 12.8. The topological polar surface area (TPSA) is 66.8 Å². The van der Waals surface area contributed by atoms with E-state index in [-0.39, 0.29) is 12.3 Å². The van der Waals surface area contributed by atoms with Gasteiger partial charge in [-0.2, -0.15) is 0 Å². The monoisotopic (exact) mass is 333 g/mol. The first-order valence-electron chi connectivity index (χ1n) is 7.41. The molecule has 0 amide bonds. The SMILES string of the molecule is COc1ccc2c(c1)C(O)CCN2S(=O)(=O)Cc1ccccc1. The Bertz CT molecular complexity index is 789. The Balaban J connectivity index is 1.96. The molecule has 0 aromatic heterocycles. The number of fused-ring (bicyclic) bond motifs is 1. The van der Waals surface area contributed by atoms with Gasteiger partial charge < -0.3 is 9.84 Å². The van der Waals surface area contributed by atoms with Crippen LogP contribution in [0.25, 0.3) is 0 Å². The predicted molar refractivity (Wildman–Crippen MR) is 89.0 cm³/mol. The van der Waals surface area contributed by atoms with Crippen LogP contribution in [0.1, 0.15) is 23.7 Å². The summed E-state index contributed by atoms with van der Waals surface area (Å²) in [4.78, 5) is 0. The molecule has 6 heteroatoms. The lowest BCUT2D eigenvalue weighted by molar-refractivity contribution is 0.166. The number of hydrogen-bond donors (Lipinski definition) is 1. The highest BCUT2D eigenvalue weighted by atomic mass is 32.2. The van der Waals surface area contributed by atoms with Crippen molar-refractivity contribution in [1.29, 1.82) is 0 Å². The van der Waals surface area contributed by atoms with E-state index < -0.39 is 16.1 Å². The lowest BCUT2D eigenvalue weighted by Crippen LogP contribution is -2.37. The summed E-state index contributed by atoms with van der Waals surface area (Å²) in [6, 6.07) is 14.2. The van der Waals surface area contributed by atoms with Gasteiger partial charge in [-0.15, -0.1) is 0 Å². The quantitative estimate of drug-likeness (QED) is 0.933. The maximum Gasteiger partial charge on any atom is 0.239 e. The molecule has 0 aliphatic carbocycles. The van der Waals surface area contributed by atoms with Crippen LogP contribution in [0.4, 0.5) is 5.69 Å². The third kappa shape index (κ3) is 3.18. The van der Waals surface area contributed by atoms with Crippen LogP contribution in [-0.2, 0) is 15.8 Å². The predicted octanol–water partition coefficient (Wildman–Crippen LogP) is 2.47. The van der Waals surface area contributed by atoms with Crippen LogP contribution >= 0.6 is 0 Å². The molecule has 2 aromatic rings. The van der Waals surface area contributed by atoms with Crippen LogP contribution in [0.15, 0.2) is 48.5 Å². The standard InChI is InChI=1S/C17H19NO4S/c1-22-14-7-8-16-15(11-14)17(19)9-10-18(16)23(20,21)12-13-5-3-2-4-6-13/h2-8,11,17,19H,9-10,12H2,1H3. The Morgan fingerprint density at radius 1 is 1.22 bits per heavy atom. The number of methoxy groups -OCH3 is 1. The Morgan fingerprint density at radius 2 is 1.96 bits per heavy atom. The van der Waals surface area contributed by atoms with Gasteiger partial charge in [0.05, 0.1) is 24.7 Å². The highest BCUT2D eigenvalue weighted by molar-refractivity contribution is 7.92. The van der Waals surface area contributed by atoms with Crippen LogP contribution in [0.3, 0.4) is 0 Å². The van der Waals surface area contributed by atoms with Crippen molar-refractivity contribution in [2.45, 2.75) is 18.3 Å². The molecule has 23 heavy (non-hydrogen) atoms. The molecule has 0 bridgehead atoms. The molecule has 0 fully saturated rings. The minimum atomic E-state index is -3.51. The number of ether oxygens (including phenoxy) is 1. The van der Waals surface area contributed by atoms with Crippen LogP contribution in [0.5, 0.6) is 5.75 Å². The Labute approximate surface area is 136 Å². The largest absolute Gasteiger partial charge is 0.497 e. The lowest BCUT2D eigenvalue weighted by Gasteiger charge is -2.33. The minimum Gasteiger partial charge on any atom is -0.497 e. The van der Waals surface area contributed by atoms with Crippen molar-refractivity contribution in [2.24, 2.45) is 0 Å². The van der Waals surface area contributed by atoms with Gasteiger partial charge in [-0.25, -0.2) is 8.42 Å². The van der Waals surface area contributed by atoms with Gasteiger partial charge in [-0.1, -0.05) is 30.3 Å². The highest BCUT2D eigenvalue weighted by Crippen LogP contribution is 2.38. The van der Waals surface area contributed by atoms with Gasteiger partial charge in [-0.05, 0) is 30.2 Å². The van der Waals surface area contributed by atoms with Crippen molar-refractivity contribution in [2.75, 3.05) is 18.0 Å². The van der Waals surface area contributed by atoms with Crippen molar-refractivity contribution < 1.29 is 18.3 Å². The highest BCUT2D eigenvalue weighted by Gasteiger charge is 2.31. The fourth-order valence-corrected chi connectivity index (χ4v) is 4.44. The van der Waals surface area contributed by atoms with Crippen molar-refractivity contribution >= 4 is 15.7 Å². The number of nitrogens with zero attached hydrogens (tertiary/aromatic N) is 1. The minimum absolute atomic E-state index is 0.0601. The summed E-state index contributed by atoms with van der Waals surface area (Å²) in [5.41, 5.74) is 1.86. The smallest absolute Gasteiger partial charge is 0.239 e. The first-order chi connectivity index (χ1) is 11.0. The first-order valence-corrected chi connectivity index (χ1v) is 9.02. The molecule has 2 aromatic carbocycles. The second-order valence-electron chi connectivity index (χ2n) is 5.54. The Hall–Kier alpha value is -2.05. The molecule has 122 valence electrons. The molecule has 0 saturated carbocycles. The summed E-state index contributed by atoms with van der Waals surface area (Å²) in [5.74, 6) is 0.542. The fraction of sp³-hybridized carbons (Fsp3) is 0.294. The van der Waals surface area contributed by atoms with Crippen molar-refractivity contribution in [3.63, 3.8) is 0 Å². The Kier molecular flexibility index (Phi) is 4.28. The van der Waals surface area contributed by atoms with Crippen molar-refractivity contribution in [3.05, 3.63) is 59.7 Å². The van der Waals surface area contributed by atoms with Crippen LogP contribution in [0.2, 0.25) is 0 Å². The van der Waals surface area contributed by atoms with E-state index in [4.69, 9.17) is 4.74 Å². The van der Waals surface area contributed by atoms with Crippen LogP contribution in [0, 0.1) is 0 Å². The summed E-state index contributed by atoms with van der Waals surface area (Å²) in [7, 11) is -1.97. The zero-order valence-corrected chi connectivity index (χ0v) is 13.7. The molecule has 1 heterocycles.